The minimum Gasteiger partial charge on any atom is -0.505 e. The molecule has 3 rings (SSSR count). The topological polar surface area (TPSA) is 127 Å². The van der Waals surface area contributed by atoms with Crippen molar-refractivity contribution in [3.8, 4) is 17.9 Å². The van der Waals surface area contributed by atoms with Crippen molar-refractivity contribution in [2.45, 2.75) is 0 Å². The number of aromatic nitrogens is 2. The summed E-state index contributed by atoms with van der Waals surface area (Å²) in [6, 6.07) is 3.45. The molecule has 20 heavy (non-hydrogen) atoms. The molecule has 3 aromatic rings. The first-order valence-corrected chi connectivity index (χ1v) is 5.62. The first-order chi connectivity index (χ1) is 9.60. The van der Waals surface area contributed by atoms with E-state index in [1.807, 2.05) is 0 Å². The average Bonchev–Trinajstić information content (AvgIpc) is 2.83. The number of hydrogen-bond donors (Lipinski definition) is 2. The van der Waals surface area contributed by atoms with Crippen molar-refractivity contribution in [2.75, 3.05) is 0 Å². The number of fused-ring (bicyclic) bond motifs is 3. The second kappa shape index (κ2) is 3.98. The summed E-state index contributed by atoms with van der Waals surface area (Å²) in [6.45, 7) is 0. The summed E-state index contributed by atoms with van der Waals surface area (Å²) in [5.41, 5.74) is -1.10. The van der Waals surface area contributed by atoms with Crippen LogP contribution in [0.25, 0.3) is 22.1 Å². The molecule has 0 saturated carbocycles. The monoisotopic (exact) mass is 286 g/mol. The van der Waals surface area contributed by atoms with Crippen LogP contribution in [0.4, 0.5) is 0 Å². The molecule has 0 unspecified atom stereocenters. The number of phenolic OH excluding ortho intramolecular Hbond substituents is 1. The Kier molecular flexibility index (Phi) is 2.40. The van der Waals surface area contributed by atoms with Gasteiger partial charge in [0.2, 0.25) is 5.71 Å². The number of aromatic hydroxyl groups is 1. The van der Waals surface area contributed by atoms with Gasteiger partial charge in [0.25, 0.3) is 5.56 Å². The van der Waals surface area contributed by atoms with E-state index in [1.54, 1.807) is 12.1 Å². The molecular formula is C12H3ClN4O3. The third-order valence-corrected chi connectivity index (χ3v) is 3.23. The maximum atomic E-state index is 11.8. The Morgan fingerprint density at radius 2 is 2.00 bits per heavy atom. The fourth-order valence-corrected chi connectivity index (χ4v) is 2.28. The molecule has 2 N–H and O–H groups in total. The van der Waals surface area contributed by atoms with Crippen LogP contribution in [0.3, 0.4) is 0 Å². The third-order valence-electron chi connectivity index (χ3n) is 2.86. The van der Waals surface area contributed by atoms with Crippen LogP contribution >= 0.6 is 11.6 Å². The summed E-state index contributed by atoms with van der Waals surface area (Å²) >= 11 is 5.98. The van der Waals surface area contributed by atoms with E-state index in [9.17, 15) is 9.90 Å². The molecule has 0 atom stereocenters. The molecule has 7 nitrogen and oxygen atoms in total. The van der Waals surface area contributed by atoms with E-state index in [1.165, 1.54) is 0 Å². The van der Waals surface area contributed by atoms with Crippen LogP contribution < -0.4 is 5.56 Å². The predicted molar refractivity (Wildman–Crippen MR) is 68.2 cm³/mol. The molecule has 1 aromatic carbocycles. The highest BCUT2D eigenvalue weighted by Crippen LogP contribution is 2.41. The smallest absolute Gasteiger partial charge is 0.262 e. The number of furan rings is 1. The van der Waals surface area contributed by atoms with Crippen molar-refractivity contribution in [1.82, 2.24) is 9.97 Å². The van der Waals surface area contributed by atoms with Gasteiger partial charge in [0.1, 0.15) is 28.7 Å². The Hall–Kier alpha value is -3.03. The van der Waals surface area contributed by atoms with Crippen LogP contribution in [-0.2, 0) is 0 Å². The van der Waals surface area contributed by atoms with Gasteiger partial charge >= 0.3 is 0 Å². The zero-order valence-corrected chi connectivity index (χ0v) is 10.3. The molecule has 0 fully saturated rings. The maximum Gasteiger partial charge on any atom is 0.262 e. The van der Waals surface area contributed by atoms with E-state index < -0.39 is 11.3 Å². The Bertz CT molecular complexity index is 1020. The van der Waals surface area contributed by atoms with Crippen LogP contribution in [0.2, 0.25) is 5.02 Å². The van der Waals surface area contributed by atoms with Crippen molar-refractivity contribution in [3.63, 3.8) is 0 Å². The van der Waals surface area contributed by atoms with E-state index >= 15 is 0 Å². The van der Waals surface area contributed by atoms with E-state index in [2.05, 4.69) is 9.97 Å². The summed E-state index contributed by atoms with van der Waals surface area (Å²) in [4.78, 5) is 18.0. The van der Waals surface area contributed by atoms with Crippen LogP contribution in [-0.4, -0.2) is 15.1 Å². The van der Waals surface area contributed by atoms with E-state index in [-0.39, 0.29) is 38.2 Å². The molecular weight excluding hydrogens is 284 g/mol. The Labute approximate surface area is 115 Å². The molecule has 0 amide bonds. The zero-order chi connectivity index (χ0) is 14.4. The number of rotatable bonds is 0. The van der Waals surface area contributed by atoms with Crippen molar-refractivity contribution >= 4 is 33.7 Å². The highest BCUT2D eigenvalue weighted by Gasteiger charge is 2.25. The van der Waals surface area contributed by atoms with E-state index in [0.717, 1.165) is 6.33 Å². The molecule has 0 radical (unpaired) electrons. The van der Waals surface area contributed by atoms with E-state index in [4.69, 9.17) is 26.5 Å². The minimum absolute atomic E-state index is 0.0174. The lowest BCUT2D eigenvalue weighted by Crippen LogP contribution is -2.04. The number of nitrogens with one attached hydrogen (secondary N) is 1. The minimum atomic E-state index is -0.566. The summed E-state index contributed by atoms with van der Waals surface area (Å²) in [5.74, 6) is -0.566. The second-order valence-corrected chi connectivity index (χ2v) is 4.23. The van der Waals surface area contributed by atoms with Crippen LogP contribution in [0.1, 0.15) is 11.1 Å². The fraction of sp³-hybridized carbons (Fsp3) is 0. The normalized spacial score (nSPS) is 10.6. The number of nitriles is 2. The average molecular weight is 287 g/mol. The molecule has 0 aliphatic rings. The van der Waals surface area contributed by atoms with Crippen molar-refractivity contribution < 1.29 is 9.52 Å². The molecule has 0 saturated heterocycles. The van der Waals surface area contributed by atoms with E-state index in [0.29, 0.717) is 0 Å². The summed E-state index contributed by atoms with van der Waals surface area (Å²) in [7, 11) is 0. The predicted octanol–water partition coefficient (Wildman–Crippen LogP) is 1.77. The van der Waals surface area contributed by atoms with Gasteiger partial charge in [0, 0.05) is 0 Å². The number of benzene rings is 1. The number of nitrogens with zero attached hydrogens (tertiary/aromatic N) is 3. The van der Waals surface area contributed by atoms with Crippen molar-refractivity contribution in [2.24, 2.45) is 0 Å². The number of hydrogen-bond acceptors (Lipinski definition) is 6. The van der Waals surface area contributed by atoms with Gasteiger partial charge < -0.3 is 14.5 Å². The lowest BCUT2D eigenvalue weighted by Gasteiger charge is -2.02. The van der Waals surface area contributed by atoms with Gasteiger partial charge in [0.15, 0.2) is 11.3 Å². The quantitative estimate of drug-likeness (QED) is 0.648. The molecule has 2 aromatic heterocycles. The fourth-order valence-electron chi connectivity index (χ4n) is 2.00. The summed E-state index contributed by atoms with van der Waals surface area (Å²) in [5, 5.41) is 27.9. The van der Waals surface area contributed by atoms with Crippen molar-refractivity contribution in [1.29, 1.82) is 10.5 Å². The Balaban J connectivity index is 2.76. The van der Waals surface area contributed by atoms with Gasteiger partial charge in [-0.3, -0.25) is 4.79 Å². The lowest BCUT2D eigenvalue weighted by atomic mass is 10.0. The van der Waals surface area contributed by atoms with Crippen LogP contribution in [0.5, 0.6) is 5.75 Å². The van der Waals surface area contributed by atoms with Gasteiger partial charge in [-0.1, -0.05) is 11.6 Å². The van der Waals surface area contributed by atoms with Gasteiger partial charge in [-0.25, -0.2) is 4.98 Å². The molecule has 96 valence electrons. The molecule has 0 spiro atoms. The Morgan fingerprint density at radius 1 is 1.30 bits per heavy atom. The number of aromatic amines is 1. The standard InChI is InChI=1S/C12H3ClN4O3/c13-8-6-7-11(19)16-3-17-12(7)20-10(6)5(2-15)4(1-14)9(8)18/h3,18H,(H,16,17,19). The zero-order valence-electron chi connectivity index (χ0n) is 9.56. The third kappa shape index (κ3) is 1.32. The van der Waals surface area contributed by atoms with Crippen LogP contribution in [0, 0.1) is 22.7 Å². The van der Waals surface area contributed by atoms with Gasteiger partial charge in [-0.2, -0.15) is 10.5 Å². The van der Waals surface area contributed by atoms with Crippen molar-refractivity contribution in [3.05, 3.63) is 32.8 Å². The maximum absolute atomic E-state index is 11.8. The number of H-pyrrole nitrogens is 1. The first kappa shape index (κ1) is 12.0. The first-order valence-electron chi connectivity index (χ1n) is 5.24. The van der Waals surface area contributed by atoms with Gasteiger partial charge in [-0.05, 0) is 0 Å². The summed E-state index contributed by atoms with van der Waals surface area (Å²) < 4.78 is 5.33. The molecule has 0 bridgehead atoms. The molecule has 0 aliphatic heterocycles. The summed E-state index contributed by atoms with van der Waals surface area (Å²) in [6.07, 6.45) is 1.14. The van der Waals surface area contributed by atoms with Crippen LogP contribution in [0.15, 0.2) is 15.5 Å². The molecule has 0 aliphatic carbocycles. The lowest BCUT2D eigenvalue weighted by molar-refractivity contribution is 0.474. The molecule has 8 heteroatoms. The highest BCUT2D eigenvalue weighted by molar-refractivity contribution is 6.39. The van der Waals surface area contributed by atoms with Gasteiger partial charge in [-0.15, -0.1) is 0 Å². The SMILES string of the molecule is N#Cc1c(O)c(Cl)c2c(oc3nc[nH]c(=O)c32)c1C#N. The largest absolute Gasteiger partial charge is 0.505 e. The number of halogens is 1. The second-order valence-electron chi connectivity index (χ2n) is 3.85. The number of phenols is 1. The van der Waals surface area contributed by atoms with Gasteiger partial charge in [0.05, 0.1) is 16.7 Å². The molecule has 2 heterocycles. The Morgan fingerprint density at radius 3 is 2.65 bits per heavy atom. The highest BCUT2D eigenvalue weighted by atomic mass is 35.5.